The monoisotopic (exact) mass is 359 g/mol. The molecule has 1 unspecified atom stereocenters. The molecule has 138 valence electrons. The summed E-state index contributed by atoms with van der Waals surface area (Å²) in [6.07, 6.45) is 2.62. The van der Waals surface area contributed by atoms with Crippen LogP contribution in [0.25, 0.3) is 0 Å². The number of H-pyrrole nitrogens is 1. The van der Waals surface area contributed by atoms with Gasteiger partial charge >= 0.3 is 5.69 Å². The Labute approximate surface area is 149 Å². The Hall–Kier alpha value is -2.87. The minimum absolute atomic E-state index is 0.128. The van der Waals surface area contributed by atoms with Crippen molar-refractivity contribution < 1.29 is 14.3 Å². The number of aromatic amines is 1. The summed E-state index contributed by atoms with van der Waals surface area (Å²) < 4.78 is 11.7. The summed E-state index contributed by atoms with van der Waals surface area (Å²) in [5.74, 6) is -0.135. The van der Waals surface area contributed by atoms with Gasteiger partial charge in [0.2, 0.25) is 0 Å². The van der Waals surface area contributed by atoms with Gasteiger partial charge in [0.15, 0.2) is 0 Å². The smallest absolute Gasteiger partial charge is 0.328 e. The van der Waals surface area contributed by atoms with Crippen LogP contribution in [0.15, 0.2) is 34.0 Å². The number of anilines is 1. The van der Waals surface area contributed by atoms with Gasteiger partial charge in [0.1, 0.15) is 11.3 Å². The summed E-state index contributed by atoms with van der Waals surface area (Å²) in [4.78, 5) is 39.7. The standard InChI is InChI=1S/C18H21N3O5/c1-11-5-6-15(25-2)14(8-11)20-16(22)13-9-19-18(24)21(17(13)23)10-12-4-3-7-26-12/h5-6,8-9,12H,3-4,7,10H2,1-2H3,(H,19,24)(H,20,22). The second-order valence-electron chi connectivity index (χ2n) is 6.22. The van der Waals surface area contributed by atoms with Crippen molar-refractivity contribution in [2.24, 2.45) is 0 Å². The fourth-order valence-electron chi connectivity index (χ4n) is 2.94. The van der Waals surface area contributed by atoms with Crippen LogP contribution in [0, 0.1) is 6.92 Å². The number of nitrogens with zero attached hydrogens (tertiary/aromatic N) is 1. The van der Waals surface area contributed by atoms with Gasteiger partial charge < -0.3 is 19.8 Å². The van der Waals surface area contributed by atoms with E-state index in [1.54, 1.807) is 12.1 Å². The van der Waals surface area contributed by atoms with Crippen LogP contribution in [-0.2, 0) is 11.3 Å². The minimum atomic E-state index is -0.645. The maximum atomic E-state index is 12.6. The number of hydrogen-bond donors (Lipinski definition) is 2. The highest BCUT2D eigenvalue weighted by Gasteiger charge is 2.21. The van der Waals surface area contributed by atoms with Gasteiger partial charge in [-0.2, -0.15) is 0 Å². The van der Waals surface area contributed by atoms with Gasteiger partial charge in [-0.15, -0.1) is 0 Å². The van der Waals surface area contributed by atoms with E-state index in [-0.39, 0.29) is 18.2 Å². The molecule has 3 rings (SSSR count). The Kier molecular flexibility index (Phi) is 5.22. The lowest BCUT2D eigenvalue weighted by Gasteiger charge is -2.13. The van der Waals surface area contributed by atoms with E-state index in [9.17, 15) is 14.4 Å². The number of hydrogen-bond acceptors (Lipinski definition) is 5. The van der Waals surface area contributed by atoms with Crippen molar-refractivity contribution in [3.63, 3.8) is 0 Å². The normalized spacial score (nSPS) is 16.5. The van der Waals surface area contributed by atoms with E-state index in [1.807, 2.05) is 13.0 Å². The van der Waals surface area contributed by atoms with E-state index in [2.05, 4.69) is 10.3 Å². The summed E-state index contributed by atoms with van der Waals surface area (Å²) in [5, 5.41) is 2.67. The van der Waals surface area contributed by atoms with E-state index < -0.39 is 17.2 Å². The summed E-state index contributed by atoms with van der Waals surface area (Å²) in [5.41, 5.74) is 0.0295. The number of carbonyl (C=O) groups excluding carboxylic acids is 1. The van der Waals surface area contributed by atoms with Crippen LogP contribution in [0.2, 0.25) is 0 Å². The Balaban J connectivity index is 1.89. The molecule has 0 saturated carbocycles. The van der Waals surface area contributed by atoms with Gasteiger partial charge in [-0.1, -0.05) is 6.07 Å². The highest BCUT2D eigenvalue weighted by atomic mass is 16.5. The van der Waals surface area contributed by atoms with Crippen molar-refractivity contribution in [2.75, 3.05) is 19.0 Å². The van der Waals surface area contributed by atoms with E-state index in [1.165, 1.54) is 7.11 Å². The number of methoxy groups -OCH3 is 1. The molecule has 8 nitrogen and oxygen atoms in total. The number of ether oxygens (including phenoxy) is 2. The van der Waals surface area contributed by atoms with Gasteiger partial charge in [-0.05, 0) is 37.5 Å². The van der Waals surface area contributed by atoms with E-state index in [0.717, 1.165) is 29.2 Å². The zero-order valence-corrected chi connectivity index (χ0v) is 14.7. The Bertz CT molecular complexity index is 925. The van der Waals surface area contributed by atoms with Gasteiger partial charge in [0, 0.05) is 12.8 Å². The molecule has 1 aromatic heterocycles. The summed E-state index contributed by atoms with van der Waals surface area (Å²) in [7, 11) is 1.49. The van der Waals surface area contributed by atoms with Crippen LogP contribution < -0.4 is 21.3 Å². The van der Waals surface area contributed by atoms with Crippen molar-refractivity contribution in [1.29, 1.82) is 0 Å². The predicted molar refractivity (Wildman–Crippen MR) is 96.0 cm³/mol. The fourth-order valence-corrected chi connectivity index (χ4v) is 2.94. The molecule has 0 bridgehead atoms. The lowest BCUT2D eigenvalue weighted by molar-refractivity contribution is 0.0941. The third-order valence-electron chi connectivity index (χ3n) is 4.32. The molecular weight excluding hydrogens is 338 g/mol. The molecule has 2 N–H and O–H groups in total. The van der Waals surface area contributed by atoms with Gasteiger partial charge in [0.05, 0.1) is 25.4 Å². The largest absolute Gasteiger partial charge is 0.495 e. The van der Waals surface area contributed by atoms with Crippen LogP contribution >= 0.6 is 0 Å². The summed E-state index contributed by atoms with van der Waals surface area (Å²) in [6.45, 7) is 2.62. The predicted octanol–water partition coefficient (Wildman–Crippen LogP) is 1.28. The van der Waals surface area contributed by atoms with E-state index >= 15 is 0 Å². The molecule has 0 spiro atoms. The maximum absolute atomic E-state index is 12.6. The maximum Gasteiger partial charge on any atom is 0.328 e. The lowest BCUT2D eigenvalue weighted by Crippen LogP contribution is -2.41. The molecule has 1 aromatic carbocycles. The zero-order valence-electron chi connectivity index (χ0n) is 14.7. The average Bonchev–Trinajstić information content (AvgIpc) is 3.12. The molecule has 1 saturated heterocycles. The molecule has 1 atom stereocenters. The Morgan fingerprint density at radius 1 is 1.42 bits per heavy atom. The van der Waals surface area contributed by atoms with Crippen molar-refractivity contribution in [2.45, 2.75) is 32.4 Å². The second-order valence-corrected chi connectivity index (χ2v) is 6.22. The zero-order chi connectivity index (χ0) is 18.7. The number of aromatic nitrogens is 2. The molecule has 2 heterocycles. The fraction of sp³-hybridized carbons (Fsp3) is 0.389. The third-order valence-corrected chi connectivity index (χ3v) is 4.32. The molecule has 8 heteroatoms. The Morgan fingerprint density at radius 2 is 2.23 bits per heavy atom. The molecule has 1 amide bonds. The first kappa shape index (κ1) is 17.9. The van der Waals surface area contributed by atoms with Crippen molar-refractivity contribution >= 4 is 11.6 Å². The first-order valence-electron chi connectivity index (χ1n) is 8.39. The highest BCUT2D eigenvalue weighted by Crippen LogP contribution is 2.25. The third kappa shape index (κ3) is 3.70. The first-order valence-corrected chi connectivity index (χ1v) is 8.39. The average molecular weight is 359 g/mol. The van der Waals surface area contributed by atoms with Crippen molar-refractivity contribution in [3.8, 4) is 5.75 Å². The van der Waals surface area contributed by atoms with Crippen LogP contribution in [0.1, 0.15) is 28.8 Å². The molecular formula is C18H21N3O5. The topological polar surface area (TPSA) is 102 Å². The van der Waals surface area contributed by atoms with E-state index in [0.29, 0.717) is 18.0 Å². The van der Waals surface area contributed by atoms with Crippen LogP contribution in [0.5, 0.6) is 5.75 Å². The first-order chi connectivity index (χ1) is 12.5. The number of amides is 1. The molecule has 0 radical (unpaired) electrons. The molecule has 2 aromatic rings. The van der Waals surface area contributed by atoms with Gasteiger partial charge in [-0.3, -0.25) is 14.2 Å². The van der Waals surface area contributed by atoms with Crippen LogP contribution in [-0.4, -0.2) is 35.3 Å². The number of nitrogens with one attached hydrogen (secondary N) is 2. The number of aryl methyl sites for hydroxylation is 1. The highest BCUT2D eigenvalue weighted by molar-refractivity contribution is 6.04. The molecule has 0 aliphatic carbocycles. The minimum Gasteiger partial charge on any atom is -0.495 e. The SMILES string of the molecule is COc1ccc(C)cc1NC(=O)c1c[nH]c(=O)n(CC2CCCO2)c1=O. The van der Waals surface area contributed by atoms with Crippen molar-refractivity contribution in [1.82, 2.24) is 9.55 Å². The molecule has 26 heavy (non-hydrogen) atoms. The van der Waals surface area contributed by atoms with Gasteiger partial charge in [0.25, 0.3) is 11.5 Å². The van der Waals surface area contributed by atoms with E-state index in [4.69, 9.17) is 9.47 Å². The molecule has 1 aliphatic heterocycles. The quantitative estimate of drug-likeness (QED) is 0.837. The number of carbonyl (C=O) groups is 1. The molecule has 1 fully saturated rings. The molecule has 1 aliphatic rings. The number of benzene rings is 1. The van der Waals surface area contributed by atoms with Crippen LogP contribution in [0.3, 0.4) is 0 Å². The lowest BCUT2D eigenvalue weighted by atomic mass is 10.2. The van der Waals surface area contributed by atoms with Gasteiger partial charge in [-0.25, -0.2) is 4.79 Å². The summed E-state index contributed by atoms with van der Waals surface area (Å²) in [6, 6.07) is 5.32. The number of rotatable bonds is 5. The Morgan fingerprint density at radius 3 is 2.92 bits per heavy atom. The van der Waals surface area contributed by atoms with Crippen LogP contribution in [0.4, 0.5) is 5.69 Å². The van der Waals surface area contributed by atoms with Crippen molar-refractivity contribution in [3.05, 3.63) is 56.4 Å². The second kappa shape index (κ2) is 7.57. The summed E-state index contributed by atoms with van der Waals surface area (Å²) >= 11 is 0.